The van der Waals surface area contributed by atoms with Gasteiger partial charge in [-0.15, -0.1) is 0 Å². The second-order valence-corrected chi connectivity index (χ2v) is 4.84. The molecule has 0 saturated heterocycles. The first-order valence-corrected chi connectivity index (χ1v) is 5.46. The summed E-state index contributed by atoms with van der Waals surface area (Å²) in [6.07, 6.45) is 1.58. The number of hydrogen-bond donors (Lipinski definition) is 1. The van der Waals surface area contributed by atoms with Crippen LogP contribution >= 0.6 is 0 Å². The van der Waals surface area contributed by atoms with Gasteiger partial charge in [0.05, 0.1) is 0 Å². The van der Waals surface area contributed by atoms with Crippen LogP contribution in [0.5, 0.6) is 0 Å². The number of hydrogen-bond acceptors (Lipinski definition) is 1. The topological polar surface area (TPSA) is 29.1 Å². The van der Waals surface area contributed by atoms with Gasteiger partial charge in [-0.05, 0) is 23.6 Å². The number of carbonyl (C=O) groups is 1. The van der Waals surface area contributed by atoms with Crippen LogP contribution in [0.3, 0.4) is 0 Å². The summed E-state index contributed by atoms with van der Waals surface area (Å²) in [6.45, 7) is 6.36. The number of rotatable bonds is 1. The molecule has 0 unspecified atom stereocenters. The fourth-order valence-corrected chi connectivity index (χ4v) is 2.20. The van der Waals surface area contributed by atoms with Gasteiger partial charge in [0.25, 0.3) is 0 Å². The molecule has 0 aliphatic carbocycles. The molecule has 2 nitrogen and oxygen atoms in total. The summed E-state index contributed by atoms with van der Waals surface area (Å²) in [5.74, 6) is 0.126. The van der Waals surface area contributed by atoms with Crippen LogP contribution < -0.4 is 5.32 Å². The number of aryl methyl sites for hydroxylation is 1. The lowest BCUT2D eigenvalue weighted by Crippen LogP contribution is -2.32. The van der Waals surface area contributed by atoms with Crippen molar-refractivity contribution in [3.8, 4) is 0 Å². The summed E-state index contributed by atoms with van der Waals surface area (Å²) in [4.78, 5) is 11.5. The molecule has 15 heavy (non-hydrogen) atoms. The highest BCUT2D eigenvalue weighted by Gasteiger charge is 2.31. The normalized spacial score (nSPS) is 18.2. The number of carbonyl (C=O) groups excluding carboxylic acids is 1. The van der Waals surface area contributed by atoms with Gasteiger partial charge in [-0.25, -0.2) is 0 Å². The van der Waals surface area contributed by atoms with E-state index in [0.29, 0.717) is 6.42 Å². The van der Waals surface area contributed by atoms with E-state index in [2.05, 4.69) is 44.3 Å². The van der Waals surface area contributed by atoms with Crippen molar-refractivity contribution in [2.75, 3.05) is 5.32 Å². The van der Waals surface area contributed by atoms with Crippen LogP contribution in [0.25, 0.3) is 0 Å². The van der Waals surface area contributed by atoms with Crippen LogP contribution in [0.1, 0.15) is 38.3 Å². The van der Waals surface area contributed by atoms with Crippen LogP contribution in [0.15, 0.2) is 18.2 Å². The van der Waals surface area contributed by atoms with Gasteiger partial charge >= 0.3 is 0 Å². The Morgan fingerprint density at radius 1 is 1.40 bits per heavy atom. The maximum atomic E-state index is 11.5. The lowest BCUT2D eigenvalue weighted by atomic mass is 9.77. The van der Waals surface area contributed by atoms with Gasteiger partial charge in [0.15, 0.2) is 0 Å². The summed E-state index contributed by atoms with van der Waals surface area (Å²) in [7, 11) is 0. The van der Waals surface area contributed by atoms with E-state index in [0.717, 1.165) is 12.1 Å². The number of amides is 1. The lowest BCUT2D eigenvalue weighted by molar-refractivity contribution is -0.117. The van der Waals surface area contributed by atoms with Crippen molar-refractivity contribution in [3.63, 3.8) is 0 Å². The zero-order chi connectivity index (χ0) is 11.1. The fraction of sp³-hybridized carbons (Fsp3) is 0.462. The number of fused-ring (bicyclic) bond motifs is 1. The highest BCUT2D eigenvalue weighted by molar-refractivity contribution is 5.95. The highest BCUT2D eigenvalue weighted by Crippen LogP contribution is 2.37. The average Bonchev–Trinajstić information content (AvgIpc) is 2.15. The van der Waals surface area contributed by atoms with E-state index in [-0.39, 0.29) is 11.3 Å². The molecule has 1 N–H and O–H groups in total. The summed E-state index contributed by atoms with van der Waals surface area (Å²) in [5, 5.41) is 2.95. The van der Waals surface area contributed by atoms with Crippen molar-refractivity contribution in [1.82, 2.24) is 0 Å². The Morgan fingerprint density at radius 2 is 2.13 bits per heavy atom. The van der Waals surface area contributed by atoms with Crippen LogP contribution in [-0.2, 0) is 16.6 Å². The predicted molar refractivity (Wildman–Crippen MR) is 62.1 cm³/mol. The van der Waals surface area contributed by atoms with E-state index in [4.69, 9.17) is 0 Å². The SMILES string of the molecule is CCc1ccc2c(c1)NC(=O)CC2(C)C. The van der Waals surface area contributed by atoms with Gasteiger partial charge in [0.1, 0.15) is 0 Å². The molecule has 1 aromatic carbocycles. The Kier molecular flexibility index (Phi) is 2.29. The monoisotopic (exact) mass is 203 g/mol. The summed E-state index contributed by atoms with van der Waals surface area (Å²) in [6, 6.07) is 6.39. The van der Waals surface area contributed by atoms with Gasteiger partial charge < -0.3 is 5.32 Å². The molecular weight excluding hydrogens is 186 g/mol. The van der Waals surface area contributed by atoms with Crippen molar-refractivity contribution in [2.45, 2.75) is 39.0 Å². The minimum absolute atomic E-state index is 0.0378. The van der Waals surface area contributed by atoms with E-state index in [1.54, 1.807) is 0 Å². The van der Waals surface area contributed by atoms with Crippen LogP contribution in [0.2, 0.25) is 0 Å². The minimum atomic E-state index is -0.0378. The maximum absolute atomic E-state index is 11.5. The molecule has 0 aromatic heterocycles. The first-order valence-electron chi connectivity index (χ1n) is 5.46. The molecule has 2 heteroatoms. The Bertz CT molecular complexity index is 407. The van der Waals surface area contributed by atoms with Gasteiger partial charge in [-0.2, -0.15) is 0 Å². The van der Waals surface area contributed by atoms with E-state index in [9.17, 15) is 4.79 Å². The summed E-state index contributed by atoms with van der Waals surface area (Å²) in [5.41, 5.74) is 3.48. The summed E-state index contributed by atoms with van der Waals surface area (Å²) < 4.78 is 0. The molecular formula is C13H17NO. The first-order chi connectivity index (χ1) is 7.03. The van der Waals surface area contributed by atoms with E-state index < -0.39 is 0 Å². The molecule has 80 valence electrons. The Balaban J connectivity index is 2.52. The smallest absolute Gasteiger partial charge is 0.225 e. The fourth-order valence-electron chi connectivity index (χ4n) is 2.20. The molecule has 1 heterocycles. The van der Waals surface area contributed by atoms with Crippen LogP contribution in [0.4, 0.5) is 5.69 Å². The molecule has 0 spiro atoms. The molecule has 0 saturated carbocycles. The van der Waals surface area contributed by atoms with Crippen LogP contribution in [-0.4, -0.2) is 5.91 Å². The van der Waals surface area contributed by atoms with Crippen molar-refractivity contribution in [3.05, 3.63) is 29.3 Å². The first kappa shape index (κ1) is 10.2. The highest BCUT2D eigenvalue weighted by atomic mass is 16.1. The Hall–Kier alpha value is -1.31. The average molecular weight is 203 g/mol. The molecule has 1 aliphatic rings. The van der Waals surface area contributed by atoms with Crippen molar-refractivity contribution < 1.29 is 4.79 Å². The second kappa shape index (κ2) is 3.37. The summed E-state index contributed by atoms with van der Waals surface area (Å²) >= 11 is 0. The third kappa shape index (κ3) is 1.76. The molecule has 0 bridgehead atoms. The van der Waals surface area contributed by atoms with Crippen LogP contribution in [0, 0.1) is 0 Å². The Labute approximate surface area is 90.7 Å². The van der Waals surface area contributed by atoms with Crippen molar-refractivity contribution >= 4 is 11.6 Å². The largest absolute Gasteiger partial charge is 0.326 e. The number of benzene rings is 1. The minimum Gasteiger partial charge on any atom is -0.326 e. The second-order valence-electron chi connectivity index (χ2n) is 4.84. The maximum Gasteiger partial charge on any atom is 0.225 e. The standard InChI is InChI=1S/C13H17NO/c1-4-9-5-6-10-11(7-9)14-12(15)8-13(10,2)3/h5-7H,4,8H2,1-3H3,(H,14,15). The van der Waals surface area contributed by atoms with Gasteiger partial charge in [-0.3, -0.25) is 4.79 Å². The zero-order valence-electron chi connectivity index (χ0n) is 9.55. The quantitative estimate of drug-likeness (QED) is 0.747. The third-order valence-corrected chi connectivity index (χ3v) is 3.10. The predicted octanol–water partition coefficient (Wildman–Crippen LogP) is 2.87. The molecule has 1 aliphatic heterocycles. The molecule has 1 aromatic rings. The van der Waals surface area contributed by atoms with Gasteiger partial charge in [0.2, 0.25) is 5.91 Å². The Morgan fingerprint density at radius 3 is 2.80 bits per heavy atom. The third-order valence-electron chi connectivity index (χ3n) is 3.10. The van der Waals surface area contributed by atoms with Crippen molar-refractivity contribution in [2.24, 2.45) is 0 Å². The van der Waals surface area contributed by atoms with Gasteiger partial charge in [-0.1, -0.05) is 32.9 Å². The van der Waals surface area contributed by atoms with E-state index in [1.807, 2.05) is 0 Å². The van der Waals surface area contributed by atoms with E-state index >= 15 is 0 Å². The molecule has 0 fully saturated rings. The molecule has 0 radical (unpaired) electrons. The number of anilines is 1. The lowest BCUT2D eigenvalue weighted by Gasteiger charge is -2.32. The van der Waals surface area contributed by atoms with Crippen molar-refractivity contribution in [1.29, 1.82) is 0 Å². The molecule has 2 rings (SSSR count). The zero-order valence-corrected chi connectivity index (χ0v) is 9.55. The van der Waals surface area contributed by atoms with Gasteiger partial charge in [0, 0.05) is 17.5 Å². The molecule has 1 amide bonds. The van der Waals surface area contributed by atoms with E-state index in [1.165, 1.54) is 11.1 Å². The number of nitrogens with one attached hydrogen (secondary N) is 1. The molecule has 0 atom stereocenters.